The number of carboxylic acids is 1. The molecule has 1 aromatic rings. The summed E-state index contributed by atoms with van der Waals surface area (Å²) in [4.78, 5) is 10.5. The second kappa shape index (κ2) is 6.29. The van der Waals surface area contributed by atoms with E-state index < -0.39 is 11.8 Å². The highest BCUT2D eigenvalue weighted by Gasteiger charge is 2.04. The number of carbonyl (C=O) groups is 1. The van der Waals surface area contributed by atoms with E-state index in [4.69, 9.17) is 5.11 Å². The second-order valence-corrected chi connectivity index (χ2v) is 3.92. The van der Waals surface area contributed by atoms with Gasteiger partial charge in [-0.2, -0.15) is 0 Å². The van der Waals surface area contributed by atoms with Crippen LogP contribution in [0, 0.1) is 17.7 Å². The number of benzene rings is 1. The lowest BCUT2D eigenvalue weighted by Gasteiger charge is -1.99. The van der Waals surface area contributed by atoms with Gasteiger partial charge >= 0.3 is 5.97 Å². The van der Waals surface area contributed by atoms with Crippen molar-refractivity contribution in [2.24, 2.45) is 0 Å². The molecule has 84 valence electrons. The van der Waals surface area contributed by atoms with E-state index in [1.165, 1.54) is 18.2 Å². The van der Waals surface area contributed by atoms with Crippen LogP contribution < -0.4 is 0 Å². The van der Waals surface area contributed by atoms with Gasteiger partial charge in [0.2, 0.25) is 0 Å². The monoisotopic (exact) mass is 284 g/mol. The molecule has 0 unspecified atom stereocenters. The van der Waals surface area contributed by atoms with Crippen molar-refractivity contribution >= 4 is 21.9 Å². The third-order valence-corrected chi connectivity index (χ3v) is 2.23. The van der Waals surface area contributed by atoms with E-state index >= 15 is 0 Å². The Bertz CT molecular complexity index is 446. The minimum atomic E-state index is -0.939. The van der Waals surface area contributed by atoms with E-state index in [-0.39, 0.29) is 12.0 Å². The van der Waals surface area contributed by atoms with Crippen LogP contribution in [0.1, 0.15) is 17.5 Å². The molecular formula is C12H10BrFO2. The van der Waals surface area contributed by atoms with Crippen molar-refractivity contribution in [3.8, 4) is 11.8 Å². The molecule has 0 spiro atoms. The van der Waals surface area contributed by atoms with Crippen molar-refractivity contribution < 1.29 is 14.3 Å². The van der Waals surface area contributed by atoms with Gasteiger partial charge in [0.15, 0.2) is 0 Å². The standard InChI is InChI=1S/C12H10BrFO2/c13-6-2-1-3-10-7-9(8-12(15)16)4-5-11(10)14/h4-5,7H,2,6,8H2,(H,15,16). The van der Waals surface area contributed by atoms with Crippen molar-refractivity contribution in [1.29, 1.82) is 0 Å². The number of carboxylic acid groups (broad SMARTS) is 1. The Balaban J connectivity index is 2.91. The van der Waals surface area contributed by atoms with Crippen LogP contribution in [-0.4, -0.2) is 16.4 Å². The number of hydrogen-bond acceptors (Lipinski definition) is 1. The normalized spacial score (nSPS) is 9.38. The lowest BCUT2D eigenvalue weighted by atomic mass is 10.1. The number of hydrogen-bond donors (Lipinski definition) is 1. The lowest BCUT2D eigenvalue weighted by Crippen LogP contribution is -2.00. The van der Waals surface area contributed by atoms with Gasteiger partial charge < -0.3 is 5.11 Å². The largest absolute Gasteiger partial charge is 0.481 e. The van der Waals surface area contributed by atoms with Gasteiger partial charge in [-0.05, 0) is 17.7 Å². The summed E-state index contributed by atoms with van der Waals surface area (Å²) in [6, 6.07) is 4.18. The van der Waals surface area contributed by atoms with E-state index in [2.05, 4.69) is 27.8 Å². The SMILES string of the molecule is O=C(O)Cc1ccc(F)c(C#CCCBr)c1. The molecule has 1 rings (SSSR count). The van der Waals surface area contributed by atoms with Crippen molar-refractivity contribution in [1.82, 2.24) is 0 Å². The Morgan fingerprint density at radius 2 is 2.25 bits per heavy atom. The third kappa shape index (κ3) is 4.03. The fourth-order valence-electron chi connectivity index (χ4n) is 1.16. The first-order valence-corrected chi connectivity index (χ1v) is 5.80. The highest BCUT2D eigenvalue weighted by Crippen LogP contribution is 2.10. The van der Waals surface area contributed by atoms with Gasteiger partial charge in [-0.3, -0.25) is 4.79 Å². The van der Waals surface area contributed by atoms with Gasteiger partial charge in [0.05, 0.1) is 12.0 Å². The molecule has 0 aliphatic rings. The van der Waals surface area contributed by atoms with Crippen LogP contribution >= 0.6 is 15.9 Å². The van der Waals surface area contributed by atoms with Crippen LogP contribution in [0.4, 0.5) is 4.39 Å². The zero-order chi connectivity index (χ0) is 12.0. The molecule has 1 aromatic carbocycles. The molecule has 2 nitrogen and oxygen atoms in total. The number of halogens is 2. The molecule has 0 bridgehead atoms. The molecule has 0 aliphatic carbocycles. The molecule has 4 heteroatoms. The minimum absolute atomic E-state index is 0.118. The number of rotatable bonds is 3. The average molecular weight is 285 g/mol. The molecule has 0 fully saturated rings. The Morgan fingerprint density at radius 3 is 2.88 bits per heavy atom. The van der Waals surface area contributed by atoms with Crippen LogP contribution in [-0.2, 0) is 11.2 Å². The van der Waals surface area contributed by atoms with Crippen molar-refractivity contribution in [2.45, 2.75) is 12.8 Å². The predicted molar refractivity (Wildman–Crippen MR) is 63.0 cm³/mol. The van der Waals surface area contributed by atoms with Crippen LogP contribution in [0.5, 0.6) is 0 Å². The Kier molecular flexibility index (Phi) is 5.00. The highest BCUT2D eigenvalue weighted by atomic mass is 79.9. The Labute approximate surface area is 102 Å². The summed E-state index contributed by atoms with van der Waals surface area (Å²) >= 11 is 3.21. The highest BCUT2D eigenvalue weighted by molar-refractivity contribution is 9.09. The van der Waals surface area contributed by atoms with Crippen LogP contribution in [0.25, 0.3) is 0 Å². The molecule has 0 atom stereocenters. The molecule has 1 N–H and O–H groups in total. The summed E-state index contributed by atoms with van der Waals surface area (Å²) in [7, 11) is 0. The summed E-state index contributed by atoms with van der Waals surface area (Å²) in [6.45, 7) is 0. The first kappa shape index (κ1) is 12.7. The molecule has 0 saturated heterocycles. The number of alkyl halides is 1. The molecule has 0 saturated carbocycles. The summed E-state index contributed by atoms with van der Waals surface area (Å²) in [5, 5.41) is 9.34. The lowest BCUT2D eigenvalue weighted by molar-refractivity contribution is -0.136. The molecule has 0 radical (unpaired) electrons. The van der Waals surface area contributed by atoms with Crippen molar-refractivity contribution in [3.63, 3.8) is 0 Å². The molecule has 16 heavy (non-hydrogen) atoms. The van der Waals surface area contributed by atoms with E-state index in [1.54, 1.807) is 0 Å². The first-order valence-electron chi connectivity index (χ1n) is 4.68. The van der Waals surface area contributed by atoms with Crippen molar-refractivity contribution in [3.05, 3.63) is 35.1 Å². The second-order valence-electron chi connectivity index (χ2n) is 3.13. The summed E-state index contributed by atoms with van der Waals surface area (Å²) in [5.74, 6) is 4.11. The quantitative estimate of drug-likeness (QED) is 0.684. The van der Waals surface area contributed by atoms with Gasteiger partial charge in [-0.1, -0.05) is 33.8 Å². The smallest absolute Gasteiger partial charge is 0.307 e. The fraction of sp³-hybridized carbons (Fsp3) is 0.250. The summed E-state index contributed by atoms with van der Waals surface area (Å²) in [6.07, 6.45) is 0.510. The van der Waals surface area contributed by atoms with Crippen LogP contribution in [0.15, 0.2) is 18.2 Å². The Morgan fingerprint density at radius 1 is 1.50 bits per heavy atom. The molecule has 0 aliphatic heterocycles. The number of aliphatic carboxylic acids is 1. The molecular weight excluding hydrogens is 275 g/mol. The predicted octanol–water partition coefficient (Wildman–Crippen LogP) is 2.59. The molecule has 0 aromatic heterocycles. The molecule has 0 heterocycles. The minimum Gasteiger partial charge on any atom is -0.481 e. The maximum absolute atomic E-state index is 13.3. The van der Waals surface area contributed by atoms with Crippen molar-refractivity contribution in [2.75, 3.05) is 5.33 Å². The Hall–Kier alpha value is -1.34. The molecule has 0 amide bonds. The van der Waals surface area contributed by atoms with E-state index in [0.29, 0.717) is 12.0 Å². The summed E-state index contributed by atoms with van der Waals surface area (Å²) < 4.78 is 13.3. The van der Waals surface area contributed by atoms with Gasteiger partial charge in [0.25, 0.3) is 0 Å². The van der Waals surface area contributed by atoms with E-state index in [1.807, 2.05) is 0 Å². The maximum atomic E-state index is 13.3. The average Bonchev–Trinajstić information content (AvgIpc) is 2.22. The maximum Gasteiger partial charge on any atom is 0.307 e. The van der Waals surface area contributed by atoms with Gasteiger partial charge in [-0.15, -0.1) is 0 Å². The summed E-state index contributed by atoms with van der Waals surface area (Å²) in [5.41, 5.74) is 0.803. The topological polar surface area (TPSA) is 37.3 Å². The van der Waals surface area contributed by atoms with Gasteiger partial charge in [0, 0.05) is 11.8 Å². The van der Waals surface area contributed by atoms with E-state index in [0.717, 1.165) is 5.33 Å². The van der Waals surface area contributed by atoms with Crippen LogP contribution in [0.2, 0.25) is 0 Å². The van der Waals surface area contributed by atoms with Crippen LogP contribution in [0.3, 0.4) is 0 Å². The fourth-order valence-corrected chi connectivity index (χ4v) is 1.36. The zero-order valence-corrected chi connectivity index (χ0v) is 10.1. The zero-order valence-electron chi connectivity index (χ0n) is 8.46. The van der Waals surface area contributed by atoms with Gasteiger partial charge in [0.1, 0.15) is 5.82 Å². The van der Waals surface area contributed by atoms with E-state index in [9.17, 15) is 9.18 Å². The first-order chi connectivity index (χ1) is 7.63. The third-order valence-electron chi connectivity index (χ3n) is 1.83. The van der Waals surface area contributed by atoms with Gasteiger partial charge in [-0.25, -0.2) is 4.39 Å².